The van der Waals surface area contributed by atoms with Crippen LogP contribution in [0.25, 0.3) is 0 Å². The summed E-state index contributed by atoms with van der Waals surface area (Å²) in [5, 5.41) is 7.44. The van der Waals surface area contributed by atoms with E-state index in [0.717, 1.165) is 28.8 Å². The number of ether oxygens (including phenoxy) is 1. The first-order valence-electron chi connectivity index (χ1n) is 10.7. The Morgan fingerprint density at radius 1 is 0.969 bits per heavy atom. The number of hydrogen-bond donors (Lipinski definition) is 1. The summed E-state index contributed by atoms with van der Waals surface area (Å²) in [6.45, 7) is 3.51. The van der Waals surface area contributed by atoms with Gasteiger partial charge in [0.2, 0.25) is 5.88 Å². The maximum absolute atomic E-state index is 12.8. The van der Waals surface area contributed by atoms with E-state index in [1.807, 2.05) is 72.3 Å². The molecule has 0 saturated carbocycles. The summed E-state index contributed by atoms with van der Waals surface area (Å²) in [7, 11) is 0. The van der Waals surface area contributed by atoms with Crippen LogP contribution in [0.4, 0.5) is 0 Å². The van der Waals surface area contributed by atoms with Crippen molar-refractivity contribution >= 4 is 5.91 Å². The van der Waals surface area contributed by atoms with Gasteiger partial charge in [-0.3, -0.25) is 9.48 Å². The molecule has 32 heavy (non-hydrogen) atoms. The van der Waals surface area contributed by atoms with Crippen LogP contribution in [-0.2, 0) is 26.1 Å². The fraction of sp³-hybridized carbons (Fsp3) is 0.192. The zero-order valence-corrected chi connectivity index (χ0v) is 18.1. The molecule has 0 aliphatic heterocycles. The lowest BCUT2D eigenvalue weighted by Gasteiger charge is -2.10. The summed E-state index contributed by atoms with van der Waals surface area (Å²) in [6, 6.07) is 23.8. The molecule has 0 saturated heterocycles. The maximum atomic E-state index is 12.8. The van der Waals surface area contributed by atoms with E-state index < -0.39 is 0 Å². The van der Waals surface area contributed by atoms with Crippen molar-refractivity contribution in [3.8, 4) is 5.88 Å². The Morgan fingerprint density at radius 2 is 1.69 bits per heavy atom. The van der Waals surface area contributed by atoms with Crippen molar-refractivity contribution in [2.24, 2.45) is 0 Å². The molecule has 1 amide bonds. The maximum Gasteiger partial charge on any atom is 0.255 e. The Bertz CT molecular complexity index is 1160. The molecule has 0 radical (unpaired) electrons. The average Bonchev–Trinajstić information content (AvgIpc) is 3.25. The van der Waals surface area contributed by atoms with Gasteiger partial charge in [-0.25, -0.2) is 4.98 Å². The van der Waals surface area contributed by atoms with Crippen molar-refractivity contribution in [3.63, 3.8) is 0 Å². The van der Waals surface area contributed by atoms with Gasteiger partial charge in [-0.15, -0.1) is 0 Å². The van der Waals surface area contributed by atoms with Gasteiger partial charge in [0, 0.05) is 18.8 Å². The summed E-state index contributed by atoms with van der Waals surface area (Å²) < 4.78 is 7.68. The number of carbonyl (C=O) groups is 1. The highest BCUT2D eigenvalue weighted by atomic mass is 16.5. The van der Waals surface area contributed by atoms with Gasteiger partial charge in [-0.05, 0) is 29.2 Å². The van der Waals surface area contributed by atoms with Gasteiger partial charge in [-0.1, -0.05) is 67.6 Å². The molecule has 0 aliphatic rings. The second-order valence-corrected chi connectivity index (χ2v) is 7.46. The highest BCUT2D eigenvalue weighted by Gasteiger charge is 2.16. The van der Waals surface area contributed by atoms with E-state index >= 15 is 0 Å². The summed E-state index contributed by atoms with van der Waals surface area (Å²) in [5.41, 5.74) is 4.68. The van der Waals surface area contributed by atoms with Crippen molar-refractivity contribution in [2.45, 2.75) is 33.0 Å². The molecule has 6 heteroatoms. The number of aromatic nitrogens is 3. The van der Waals surface area contributed by atoms with Gasteiger partial charge in [0.05, 0.1) is 24.0 Å². The van der Waals surface area contributed by atoms with Crippen LogP contribution < -0.4 is 10.1 Å². The van der Waals surface area contributed by atoms with Crippen molar-refractivity contribution in [2.75, 3.05) is 0 Å². The van der Waals surface area contributed by atoms with Crippen molar-refractivity contribution < 1.29 is 9.53 Å². The molecule has 0 unspecified atom stereocenters. The van der Waals surface area contributed by atoms with Crippen LogP contribution in [0.2, 0.25) is 0 Å². The zero-order valence-electron chi connectivity index (χ0n) is 18.1. The lowest BCUT2D eigenvalue weighted by molar-refractivity contribution is 0.0949. The van der Waals surface area contributed by atoms with Gasteiger partial charge in [0.1, 0.15) is 6.61 Å². The van der Waals surface area contributed by atoms with E-state index in [1.54, 1.807) is 12.4 Å². The number of nitrogens with zero attached hydrogens (tertiary/aromatic N) is 3. The normalized spacial score (nSPS) is 10.7. The molecule has 162 valence electrons. The smallest absolute Gasteiger partial charge is 0.255 e. The molecule has 0 atom stereocenters. The van der Waals surface area contributed by atoms with Gasteiger partial charge in [0.15, 0.2) is 0 Å². The number of rotatable bonds is 9. The molecule has 4 aromatic rings. The summed E-state index contributed by atoms with van der Waals surface area (Å²) >= 11 is 0. The summed E-state index contributed by atoms with van der Waals surface area (Å²) in [5.74, 6) is 0.398. The van der Waals surface area contributed by atoms with Crippen LogP contribution in [0.3, 0.4) is 0 Å². The third-order valence-electron chi connectivity index (χ3n) is 5.19. The number of amides is 1. The Hall–Kier alpha value is -3.93. The number of hydrogen-bond acceptors (Lipinski definition) is 4. The fourth-order valence-electron chi connectivity index (χ4n) is 3.51. The molecule has 2 aromatic heterocycles. The van der Waals surface area contributed by atoms with Gasteiger partial charge in [-0.2, -0.15) is 5.10 Å². The van der Waals surface area contributed by atoms with Gasteiger partial charge >= 0.3 is 0 Å². The van der Waals surface area contributed by atoms with Crippen LogP contribution in [0.15, 0.2) is 85.2 Å². The average molecular weight is 427 g/mol. The van der Waals surface area contributed by atoms with E-state index in [0.29, 0.717) is 31.1 Å². The molecule has 0 fully saturated rings. The monoisotopic (exact) mass is 426 g/mol. The first kappa shape index (κ1) is 21.3. The number of pyridine rings is 1. The molecule has 1 N–H and O–H groups in total. The summed E-state index contributed by atoms with van der Waals surface area (Å²) in [6.07, 6.45) is 4.07. The van der Waals surface area contributed by atoms with Crippen LogP contribution in [0.5, 0.6) is 5.88 Å². The SMILES string of the molecule is CCc1c(C(=O)NCc2ccnc(OCc3ccccc3)c2)cnn1Cc1ccccc1. The molecule has 0 aliphatic carbocycles. The number of nitrogens with one attached hydrogen (secondary N) is 1. The van der Waals surface area contributed by atoms with E-state index in [4.69, 9.17) is 4.74 Å². The van der Waals surface area contributed by atoms with Crippen LogP contribution in [0.1, 0.15) is 39.7 Å². The topological polar surface area (TPSA) is 69.0 Å². The Kier molecular flexibility index (Phi) is 6.92. The first-order valence-corrected chi connectivity index (χ1v) is 10.7. The number of carbonyl (C=O) groups excluding carboxylic acids is 1. The predicted molar refractivity (Wildman–Crippen MR) is 123 cm³/mol. The zero-order chi connectivity index (χ0) is 22.2. The van der Waals surface area contributed by atoms with E-state index in [1.165, 1.54) is 0 Å². The standard InChI is InChI=1S/C26H26N4O2/c1-2-24-23(17-29-30(24)18-20-9-5-3-6-10-20)26(31)28-16-22-13-14-27-25(15-22)32-19-21-11-7-4-8-12-21/h3-15,17H,2,16,18-19H2,1H3,(H,28,31). The van der Waals surface area contributed by atoms with Crippen LogP contribution in [-0.4, -0.2) is 20.7 Å². The minimum Gasteiger partial charge on any atom is -0.473 e. The van der Waals surface area contributed by atoms with E-state index in [9.17, 15) is 4.79 Å². The van der Waals surface area contributed by atoms with E-state index in [2.05, 4.69) is 27.5 Å². The second kappa shape index (κ2) is 10.4. The second-order valence-electron chi connectivity index (χ2n) is 7.46. The van der Waals surface area contributed by atoms with Gasteiger partial charge in [0.25, 0.3) is 5.91 Å². The number of benzene rings is 2. The highest BCUT2D eigenvalue weighted by Crippen LogP contribution is 2.14. The van der Waals surface area contributed by atoms with E-state index in [-0.39, 0.29) is 5.91 Å². The predicted octanol–water partition coefficient (Wildman–Crippen LogP) is 4.40. The molecule has 0 bridgehead atoms. The quantitative estimate of drug-likeness (QED) is 0.431. The van der Waals surface area contributed by atoms with Crippen LogP contribution in [0, 0.1) is 0 Å². The van der Waals surface area contributed by atoms with Crippen LogP contribution >= 0.6 is 0 Å². The Morgan fingerprint density at radius 3 is 2.41 bits per heavy atom. The molecule has 2 aromatic carbocycles. The lowest BCUT2D eigenvalue weighted by atomic mass is 10.1. The molecule has 6 nitrogen and oxygen atoms in total. The highest BCUT2D eigenvalue weighted by molar-refractivity contribution is 5.95. The Balaban J connectivity index is 1.37. The fourth-order valence-corrected chi connectivity index (χ4v) is 3.51. The molecule has 4 rings (SSSR count). The lowest BCUT2D eigenvalue weighted by Crippen LogP contribution is -2.24. The van der Waals surface area contributed by atoms with Crippen molar-refractivity contribution in [1.82, 2.24) is 20.1 Å². The summed E-state index contributed by atoms with van der Waals surface area (Å²) in [4.78, 5) is 17.1. The molecule has 0 spiro atoms. The van der Waals surface area contributed by atoms with Crippen molar-refractivity contribution in [1.29, 1.82) is 0 Å². The van der Waals surface area contributed by atoms with Gasteiger partial charge < -0.3 is 10.1 Å². The molecular formula is C26H26N4O2. The largest absolute Gasteiger partial charge is 0.473 e. The molecular weight excluding hydrogens is 400 g/mol. The third-order valence-corrected chi connectivity index (χ3v) is 5.19. The Labute approximate surface area is 187 Å². The van der Waals surface area contributed by atoms with Crippen molar-refractivity contribution in [3.05, 3.63) is 113 Å². The first-order chi connectivity index (χ1) is 15.7. The minimum atomic E-state index is -0.135. The third kappa shape index (κ3) is 5.40. The molecule has 2 heterocycles. The minimum absolute atomic E-state index is 0.135.